The summed E-state index contributed by atoms with van der Waals surface area (Å²) in [4.78, 5) is 21.9. The number of hydrogen-bond donors (Lipinski definition) is 4. The van der Waals surface area contributed by atoms with Crippen molar-refractivity contribution < 1.29 is 18.3 Å². The van der Waals surface area contributed by atoms with Gasteiger partial charge in [0.25, 0.3) is 16.1 Å². The monoisotopic (exact) mass is 435 g/mol. The number of carbonyl (C=O) groups is 1. The molecule has 0 saturated carbocycles. The standard InChI is InChI=1S/C16H21N9O4S/c1-15(2,10-21-30(18,28)29)25-8-11(7-20-25)22-14-19-5-3-12(23-14)24-6-4-16(27,9-17)13(24)26/h3,5,7-8,21,27H,4,6,10H2,1-2H3,(H2,18,28,29)(H,19,22,23)/t16-/m0/s1. The summed E-state index contributed by atoms with van der Waals surface area (Å²) in [6.07, 6.45) is 4.57. The van der Waals surface area contributed by atoms with Crippen LogP contribution in [0.5, 0.6) is 0 Å². The lowest BCUT2D eigenvalue weighted by Crippen LogP contribution is -2.43. The number of aliphatic hydroxyl groups is 1. The average molecular weight is 435 g/mol. The Balaban J connectivity index is 1.74. The Kier molecular flexibility index (Phi) is 5.48. The van der Waals surface area contributed by atoms with Crippen molar-refractivity contribution in [3.05, 3.63) is 24.7 Å². The lowest BCUT2D eigenvalue weighted by molar-refractivity contribution is -0.128. The van der Waals surface area contributed by atoms with Crippen molar-refractivity contribution in [2.24, 2.45) is 5.14 Å². The fraction of sp³-hybridized carbons (Fsp3) is 0.438. The molecule has 0 unspecified atom stereocenters. The van der Waals surface area contributed by atoms with Gasteiger partial charge in [0.1, 0.15) is 11.9 Å². The first-order chi connectivity index (χ1) is 13.9. The van der Waals surface area contributed by atoms with Crippen molar-refractivity contribution in [2.45, 2.75) is 31.4 Å². The van der Waals surface area contributed by atoms with Crippen molar-refractivity contribution in [3.8, 4) is 6.07 Å². The highest BCUT2D eigenvalue weighted by Crippen LogP contribution is 2.27. The van der Waals surface area contributed by atoms with Gasteiger partial charge in [-0.25, -0.2) is 14.8 Å². The molecular formula is C16H21N9O4S. The Morgan fingerprint density at radius 2 is 2.20 bits per heavy atom. The van der Waals surface area contributed by atoms with Crippen LogP contribution in [0.2, 0.25) is 0 Å². The average Bonchev–Trinajstić information content (AvgIpc) is 3.26. The zero-order valence-electron chi connectivity index (χ0n) is 16.3. The van der Waals surface area contributed by atoms with Gasteiger partial charge in [-0.3, -0.25) is 14.4 Å². The van der Waals surface area contributed by atoms with Crippen LogP contribution in [0.4, 0.5) is 17.5 Å². The van der Waals surface area contributed by atoms with E-state index in [1.54, 1.807) is 30.8 Å². The molecule has 1 amide bonds. The van der Waals surface area contributed by atoms with Crippen LogP contribution in [0.25, 0.3) is 0 Å². The summed E-state index contributed by atoms with van der Waals surface area (Å²) in [5.74, 6) is -0.312. The largest absolute Gasteiger partial charge is 0.368 e. The first-order valence-corrected chi connectivity index (χ1v) is 10.4. The quantitative estimate of drug-likeness (QED) is 0.392. The highest BCUT2D eigenvalue weighted by molar-refractivity contribution is 7.87. The first kappa shape index (κ1) is 21.6. The second kappa shape index (κ2) is 7.61. The van der Waals surface area contributed by atoms with Crippen molar-refractivity contribution in [2.75, 3.05) is 23.3 Å². The number of hydrogen-bond acceptors (Lipinski definition) is 9. The third-order valence-corrected chi connectivity index (χ3v) is 5.11. The number of aromatic nitrogens is 4. The van der Waals surface area contributed by atoms with Gasteiger partial charge in [0.05, 0.1) is 17.4 Å². The molecule has 30 heavy (non-hydrogen) atoms. The van der Waals surface area contributed by atoms with Gasteiger partial charge in [-0.15, -0.1) is 0 Å². The lowest BCUT2D eigenvalue weighted by Gasteiger charge is -2.25. The predicted octanol–water partition coefficient (Wildman–Crippen LogP) is -1.06. The highest BCUT2D eigenvalue weighted by atomic mass is 32.2. The zero-order chi connectivity index (χ0) is 22.2. The van der Waals surface area contributed by atoms with E-state index >= 15 is 0 Å². The first-order valence-electron chi connectivity index (χ1n) is 8.82. The number of anilines is 3. The summed E-state index contributed by atoms with van der Waals surface area (Å²) >= 11 is 0. The van der Waals surface area contributed by atoms with E-state index in [4.69, 9.17) is 10.4 Å². The Morgan fingerprint density at radius 3 is 2.83 bits per heavy atom. The SMILES string of the molecule is CC(C)(CNS(N)(=O)=O)n1cc(Nc2nccc(N3CC[C@](O)(C#N)C3=O)n2)cn1. The highest BCUT2D eigenvalue weighted by Gasteiger charge is 2.46. The second-order valence-electron chi connectivity index (χ2n) is 7.39. The third-order valence-electron chi connectivity index (χ3n) is 4.56. The van der Waals surface area contributed by atoms with Crippen LogP contribution in [0.15, 0.2) is 24.7 Å². The van der Waals surface area contributed by atoms with Crippen LogP contribution < -0.4 is 20.1 Å². The fourth-order valence-corrected chi connectivity index (χ4v) is 3.35. The van der Waals surface area contributed by atoms with Crippen LogP contribution in [0.1, 0.15) is 20.3 Å². The molecule has 5 N–H and O–H groups in total. The maximum Gasteiger partial charge on any atom is 0.275 e. The molecule has 3 heterocycles. The molecule has 0 bridgehead atoms. The van der Waals surface area contributed by atoms with Gasteiger partial charge >= 0.3 is 0 Å². The normalized spacial score (nSPS) is 19.7. The van der Waals surface area contributed by atoms with Crippen molar-refractivity contribution in [3.63, 3.8) is 0 Å². The molecule has 1 atom stereocenters. The molecule has 3 rings (SSSR count). The number of nitrogens with two attached hydrogens (primary N) is 1. The summed E-state index contributed by atoms with van der Waals surface area (Å²) in [6.45, 7) is 3.73. The lowest BCUT2D eigenvalue weighted by atomic mass is 10.1. The van der Waals surface area contributed by atoms with Gasteiger partial charge in [-0.1, -0.05) is 0 Å². The molecule has 14 heteroatoms. The molecule has 1 aliphatic heterocycles. The van der Waals surface area contributed by atoms with Crippen molar-refractivity contribution >= 4 is 33.6 Å². The van der Waals surface area contributed by atoms with Crippen molar-refractivity contribution in [1.29, 1.82) is 5.26 Å². The van der Waals surface area contributed by atoms with Gasteiger partial charge in [-0.05, 0) is 19.9 Å². The molecule has 13 nitrogen and oxygen atoms in total. The van der Waals surface area contributed by atoms with Crippen molar-refractivity contribution in [1.82, 2.24) is 24.5 Å². The molecule has 1 saturated heterocycles. The van der Waals surface area contributed by atoms with E-state index in [0.717, 1.165) is 0 Å². The molecule has 0 aromatic carbocycles. The number of nitrogens with zero attached hydrogens (tertiary/aromatic N) is 6. The molecule has 2 aromatic heterocycles. The number of amides is 1. The summed E-state index contributed by atoms with van der Waals surface area (Å²) in [6, 6.07) is 3.12. The maximum atomic E-state index is 12.3. The van der Waals surface area contributed by atoms with Gasteiger partial charge in [0, 0.05) is 31.9 Å². The van der Waals surface area contributed by atoms with Crippen LogP contribution >= 0.6 is 0 Å². The minimum absolute atomic E-state index is 0.0104. The minimum atomic E-state index is -3.83. The molecule has 160 valence electrons. The van der Waals surface area contributed by atoms with Gasteiger partial charge in [-0.2, -0.15) is 23.8 Å². The van der Waals surface area contributed by atoms with Crippen LogP contribution in [-0.2, 0) is 20.5 Å². The van der Waals surface area contributed by atoms with Gasteiger partial charge in [0.15, 0.2) is 0 Å². The van der Waals surface area contributed by atoms with E-state index in [1.807, 2.05) is 0 Å². The van der Waals surface area contributed by atoms with Gasteiger partial charge < -0.3 is 10.4 Å². The fourth-order valence-electron chi connectivity index (χ4n) is 2.79. The van der Waals surface area contributed by atoms with E-state index in [9.17, 15) is 18.3 Å². The smallest absolute Gasteiger partial charge is 0.275 e. The van der Waals surface area contributed by atoms with Gasteiger partial charge in [0.2, 0.25) is 11.5 Å². The topological polar surface area (TPSA) is 192 Å². The molecule has 2 aromatic rings. The Morgan fingerprint density at radius 1 is 1.47 bits per heavy atom. The number of nitriles is 1. The summed E-state index contributed by atoms with van der Waals surface area (Å²) < 4.78 is 26.0. The van der Waals surface area contributed by atoms with E-state index in [0.29, 0.717) is 5.69 Å². The van der Waals surface area contributed by atoms with E-state index in [2.05, 4.69) is 25.1 Å². The Bertz CT molecular complexity index is 1110. The van der Waals surface area contributed by atoms with Crippen LogP contribution in [0.3, 0.4) is 0 Å². The molecule has 1 aliphatic rings. The molecule has 1 fully saturated rings. The third kappa shape index (κ3) is 4.54. The second-order valence-corrected chi connectivity index (χ2v) is 8.77. The van der Waals surface area contributed by atoms with Crippen LogP contribution in [-0.4, -0.2) is 57.9 Å². The molecular weight excluding hydrogens is 414 g/mol. The summed E-state index contributed by atoms with van der Waals surface area (Å²) in [7, 11) is -3.83. The van der Waals surface area contributed by atoms with Crippen LogP contribution in [0, 0.1) is 11.3 Å². The Hall–Kier alpha value is -3.12. The maximum absolute atomic E-state index is 12.3. The predicted molar refractivity (Wildman–Crippen MR) is 106 cm³/mol. The zero-order valence-corrected chi connectivity index (χ0v) is 17.1. The number of carbonyl (C=O) groups excluding carboxylic acids is 1. The van der Waals surface area contributed by atoms with E-state index in [1.165, 1.54) is 23.4 Å². The molecule has 0 radical (unpaired) electrons. The summed E-state index contributed by atoms with van der Waals surface area (Å²) in [5.41, 5.74) is -2.23. The number of rotatable bonds is 7. The summed E-state index contributed by atoms with van der Waals surface area (Å²) in [5, 5.41) is 31.2. The van der Waals surface area contributed by atoms with E-state index < -0.39 is 27.3 Å². The molecule has 0 spiro atoms. The minimum Gasteiger partial charge on any atom is -0.368 e. The Labute approximate surface area is 172 Å². The number of nitrogens with one attached hydrogen (secondary N) is 2. The molecule has 0 aliphatic carbocycles. The van der Waals surface area contributed by atoms with E-state index in [-0.39, 0.29) is 31.3 Å².